The number of nitrogens with zero attached hydrogens (tertiary/aromatic N) is 2. The van der Waals surface area contributed by atoms with Gasteiger partial charge in [-0.15, -0.1) is 0 Å². The molecule has 0 bridgehead atoms. The van der Waals surface area contributed by atoms with E-state index in [1.54, 1.807) is 28.8 Å². The van der Waals surface area contributed by atoms with E-state index in [4.69, 9.17) is 16.3 Å². The SMILES string of the molecule is N#Cc1cc(Cl)c(Br)n1[C@@H](CCO)COC(=O)c1ccccc1. The second kappa shape index (κ2) is 8.16. The van der Waals surface area contributed by atoms with Gasteiger partial charge in [0.25, 0.3) is 0 Å². The molecule has 1 aromatic carbocycles. The molecule has 0 aliphatic rings. The van der Waals surface area contributed by atoms with Crippen LogP contribution in [0.5, 0.6) is 0 Å². The van der Waals surface area contributed by atoms with Crippen molar-refractivity contribution in [2.45, 2.75) is 12.5 Å². The van der Waals surface area contributed by atoms with Gasteiger partial charge in [0.2, 0.25) is 0 Å². The average molecular weight is 398 g/mol. The minimum absolute atomic E-state index is 0.0204. The smallest absolute Gasteiger partial charge is 0.338 e. The first-order chi connectivity index (χ1) is 11.1. The van der Waals surface area contributed by atoms with Crippen LogP contribution in [0.2, 0.25) is 5.02 Å². The number of rotatable bonds is 6. The van der Waals surface area contributed by atoms with Crippen LogP contribution in [0.15, 0.2) is 41.0 Å². The maximum absolute atomic E-state index is 12.0. The van der Waals surface area contributed by atoms with Crippen molar-refractivity contribution in [3.63, 3.8) is 0 Å². The number of carbonyl (C=O) groups is 1. The number of esters is 1. The first-order valence-electron chi connectivity index (χ1n) is 6.87. The van der Waals surface area contributed by atoms with Crippen LogP contribution in [-0.2, 0) is 4.74 Å². The molecular weight excluding hydrogens is 384 g/mol. The van der Waals surface area contributed by atoms with Gasteiger partial charge in [-0.1, -0.05) is 29.8 Å². The molecule has 23 heavy (non-hydrogen) atoms. The highest BCUT2D eigenvalue weighted by atomic mass is 79.9. The van der Waals surface area contributed by atoms with Crippen LogP contribution in [0.1, 0.15) is 28.5 Å². The van der Waals surface area contributed by atoms with Gasteiger partial charge in [-0.05, 0) is 40.5 Å². The summed E-state index contributed by atoms with van der Waals surface area (Å²) in [7, 11) is 0. The molecule has 0 aliphatic heterocycles. The molecule has 0 saturated heterocycles. The molecule has 0 amide bonds. The summed E-state index contributed by atoms with van der Waals surface area (Å²) in [5.41, 5.74) is 0.774. The number of aromatic nitrogens is 1. The normalized spacial score (nSPS) is 11.7. The molecule has 0 radical (unpaired) electrons. The quantitative estimate of drug-likeness (QED) is 0.756. The molecule has 0 unspecified atom stereocenters. The third kappa shape index (κ3) is 4.14. The fourth-order valence-electron chi connectivity index (χ4n) is 2.18. The van der Waals surface area contributed by atoms with E-state index in [2.05, 4.69) is 15.9 Å². The van der Waals surface area contributed by atoms with Gasteiger partial charge in [-0.25, -0.2) is 4.79 Å². The molecule has 1 aromatic heterocycles. The van der Waals surface area contributed by atoms with Gasteiger partial charge >= 0.3 is 5.97 Å². The van der Waals surface area contributed by atoms with Crippen LogP contribution < -0.4 is 0 Å². The number of carbonyl (C=O) groups excluding carboxylic acids is 1. The molecule has 5 nitrogen and oxygen atoms in total. The zero-order valence-electron chi connectivity index (χ0n) is 12.1. The number of halogens is 2. The molecule has 0 spiro atoms. The van der Waals surface area contributed by atoms with Crippen LogP contribution in [-0.4, -0.2) is 28.9 Å². The van der Waals surface area contributed by atoms with Gasteiger partial charge in [-0.2, -0.15) is 5.26 Å². The van der Waals surface area contributed by atoms with Crippen molar-refractivity contribution in [3.8, 4) is 6.07 Å². The molecule has 0 fully saturated rings. The molecular formula is C16H14BrClN2O3. The summed E-state index contributed by atoms with van der Waals surface area (Å²) < 4.78 is 7.46. The first-order valence-corrected chi connectivity index (χ1v) is 8.05. The third-order valence-corrected chi connectivity index (χ3v) is 4.62. The fraction of sp³-hybridized carbons (Fsp3) is 0.250. The Morgan fingerprint density at radius 3 is 2.74 bits per heavy atom. The zero-order valence-corrected chi connectivity index (χ0v) is 14.4. The van der Waals surface area contributed by atoms with Gasteiger partial charge in [0.15, 0.2) is 0 Å². The van der Waals surface area contributed by atoms with Gasteiger partial charge in [-0.3, -0.25) is 0 Å². The van der Waals surface area contributed by atoms with Gasteiger partial charge < -0.3 is 14.4 Å². The van der Waals surface area contributed by atoms with Crippen LogP contribution in [0.3, 0.4) is 0 Å². The number of aliphatic hydroxyl groups is 1. The maximum atomic E-state index is 12.0. The van der Waals surface area contributed by atoms with E-state index in [0.29, 0.717) is 27.3 Å². The molecule has 2 rings (SSSR count). The molecule has 7 heteroatoms. The van der Waals surface area contributed by atoms with Crippen molar-refractivity contribution in [2.24, 2.45) is 0 Å². The second-order valence-electron chi connectivity index (χ2n) is 4.78. The Kier molecular flexibility index (Phi) is 6.22. The highest BCUT2D eigenvalue weighted by Gasteiger charge is 2.21. The minimum Gasteiger partial charge on any atom is -0.460 e. The van der Waals surface area contributed by atoms with E-state index >= 15 is 0 Å². The third-order valence-electron chi connectivity index (χ3n) is 3.29. The summed E-state index contributed by atoms with van der Waals surface area (Å²) in [5.74, 6) is -0.457. The van der Waals surface area contributed by atoms with Crippen molar-refractivity contribution >= 4 is 33.5 Å². The Bertz CT molecular complexity index is 725. The average Bonchev–Trinajstić information content (AvgIpc) is 2.86. The monoisotopic (exact) mass is 396 g/mol. The van der Waals surface area contributed by atoms with E-state index in [1.807, 2.05) is 12.1 Å². The lowest BCUT2D eigenvalue weighted by Crippen LogP contribution is -2.21. The predicted octanol–water partition coefficient (Wildman–Crippen LogP) is 3.56. The van der Waals surface area contributed by atoms with Crippen molar-refractivity contribution in [1.29, 1.82) is 5.26 Å². The standard InChI is InChI=1S/C16H14BrClN2O3/c17-15-14(18)8-13(9-19)20(15)12(6-7-21)10-23-16(22)11-4-2-1-3-5-11/h1-5,8,12,21H,6-7,10H2/t12-/m0/s1. The van der Waals surface area contributed by atoms with Crippen molar-refractivity contribution in [2.75, 3.05) is 13.2 Å². The summed E-state index contributed by atoms with van der Waals surface area (Å²) >= 11 is 9.35. The Morgan fingerprint density at radius 1 is 1.43 bits per heavy atom. The molecule has 1 N–H and O–H groups in total. The van der Waals surface area contributed by atoms with E-state index in [1.165, 1.54) is 6.07 Å². The summed E-state index contributed by atoms with van der Waals surface area (Å²) in [4.78, 5) is 12.0. The van der Waals surface area contributed by atoms with Crippen molar-refractivity contribution < 1.29 is 14.6 Å². The summed E-state index contributed by atoms with van der Waals surface area (Å²) in [6.07, 6.45) is 0.320. The lowest BCUT2D eigenvalue weighted by molar-refractivity contribution is 0.0426. The highest BCUT2D eigenvalue weighted by molar-refractivity contribution is 9.10. The van der Waals surface area contributed by atoms with E-state index in [-0.39, 0.29) is 13.2 Å². The Labute approximate surface area is 147 Å². The van der Waals surface area contributed by atoms with Crippen LogP contribution in [0.4, 0.5) is 0 Å². The first kappa shape index (κ1) is 17.5. The number of nitriles is 1. The van der Waals surface area contributed by atoms with Crippen LogP contribution in [0.25, 0.3) is 0 Å². The molecule has 1 atom stereocenters. The predicted molar refractivity (Wildman–Crippen MR) is 89.3 cm³/mol. The number of hydrogen-bond acceptors (Lipinski definition) is 4. The minimum atomic E-state index is -0.457. The molecule has 0 saturated carbocycles. The van der Waals surface area contributed by atoms with E-state index in [9.17, 15) is 15.2 Å². The van der Waals surface area contributed by atoms with Crippen molar-refractivity contribution in [1.82, 2.24) is 4.57 Å². The number of aliphatic hydroxyl groups excluding tert-OH is 1. The topological polar surface area (TPSA) is 75.2 Å². The van der Waals surface area contributed by atoms with Crippen molar-refractivity contribution in [3.05, 3.63) is 57.3 Å². The maximum Gasteiger partial charge on any atom is 0.338 e. The summed E-state index contributed by atoms with van der Waals surface area (Å²) in [5, 5.41) is 18.9. The highest BCUT2D eigenvalue weighted by Crippen LogP contribution is 2.31. The number of benzene rings is 1. The fourth-order valence-corrected chi connectivity index (χ4v) is 2.97. The zero-order chi connectivity index (χ0) is 16.8. The lowest BCUT2D eigenvalue weighted by Gasteiger charge is -2.20. The second-order valence-corrected chi connectivity index (χ2v) is 5.94. The number of hydrogen-bond donors (Lipinski definition) is 1. The van der Waals surface area contributed by atoms with Gasteiger partial charge in [0.05, 0.1) is 16.6 Å². The lowest BCUT2D eigenvalue weighted by atomic mass is 10.2. The Hall–Kier alpha value is -1.81. The number of ether oxygens (including phenoxy) is 1. The Balaban J connectivity index is 2.17. The molecule has 120 valence electrons. The Morgan fingerprint density at radius 2 is 2.13 bits per heavy atom. The molecule has 2 aromatic rings. The van der Waals surface area contributed by atoms with E-state index in [0.717, 1.165) is 0 Å². The largest absolute Gasteiger partial charge is 0.460 e. The summed E-state index contributed by atoms with van der Waals surface area (Å²) in [6.45, 7) is -0.0900. The molecule has 0 aliphatic carbocycles. The van der Waals surface area contributed by atoms with Gasteiger partial charge in [0.1, 0.15) is 23.0 Å². The van der Waals surface area contributed by atoms with Crippen LogP contribution in [0, 0.1) is 11.3 Å². The van der Waals surface area contributed by atoms with Gasteiger partial charge in [0, 0.05) is 6.61 Å². The van der Waals surface area contributed by atoms with E-state index < -0.39 is 12.0 Å². The summed E-state index contributed by atoms with van der Waals surface area (Å²) in [6, 6.07) is 11.8. The molecule has 1 heterocycles. The van der Waals surface area contributed by atoms with Crippen LogP contribution >= 0.6 is 27.5 Å².